The van der Waals surface area contributed by atoms with Gasteiger partial charge < -0.3 is 5.32 Å². The van der Waals surface area contributed by atoms with Crippen LogP contribution in [0.3, 0.4) is 0 Å². The number of nitrogens with one attached hydrogen (secondary N) is 1. The van der Waals surface area contributed by atoms with E-state index in [-0.39, 0.29) is 5.91 Å². The zero-order valence-corrected chi connectivity index (χ0v) is 13.4. The van der Waals surface area contributed by atoms with E-state index in [1.54, 1.807) is 6.07 Å². The predicted molar refractivity (Wildman–Crippen MR) is 89.2 cm³/mol. The van der Waals surface area contributed by atoms with Gasteiger partial charge in [-0.25, -0.2) is 9.50 Å². The molecule has 116 valence electrons. The molecule has 23 heavy (non-hydrogen) atoms. The molecule has 1 N–H and O–H groups in total. The molecular formula is C17H15ClN4O. The number of aryl methyl sites for hydroxylation is 3. The molecule has 5 nitrogen and oxygen atoms in total. The van der Waals surface area contributed by atoms with Crippen LogP contribution in [0.15, 0.2) is 30.5 Å². The van der Waals surface area contributed by atoms with Gasteiger partial charge in [0.25, 0.3) is 5.91 Å². The molecule has 0 unspecified atom stereocenters. The van der Waals surface area contributed by atoms with Crippen LogP contribution in [0.4, 0.5) is 5.69 Å². The van der Waals surface area contributed by atoms with Gasteiger partial charge in [0.15, 0.2) is 11.3 Å². The molecule has 1 aliphatic carbocycles. The van der Waals surface area contributed by atoms with Crippen LogP contribution >= 0.6 is 11.6 Å². The zero-order chi connectivity index (χ0) is 16.0. The number of carbonyl (C=O) groups excluding carboxylic acids is 1. The third-order valence-electron chi connectivity index (χ3n) is 4.21. The van der Waals surface area contributed by atoms with Crippen LogP contribution in [0.2, 0.25) is 5.15 Å². The molecule has 0 saturated carbocycles. The number of imidazole rings is 1. The Labute approximate surface area is 138 Å². The van der Waals surface area contributed by atoms with Crippen molar-refractivity contribution in [2.45, 2.75) is 26.2 Å². The Bertz CT molecular complexity index is 932. The molecule has 2 aromatic heterocycles. The monoisotopic (exact) mass is 326 g/mol. The highest BCUT2D eigenvalue weighted by Crippen LogP contribution is 2.25. The van der Waals surface area contributed by atoms with E-state index >= 15 is 0 Å². The fraction of sp³-hybridized carbons (Fsp3) is 0.235. The Balaban J connectivity index is 1.67. The standard InChI is InChI=1S/C17H15ClN4O/c1-10-7-15(18)21-22-14(9-19-16(10)22)17(23)20-13-6-5-11-3-2-4-12(11)8-13/h5-9H,2-4H2,1H3,(H,20,23). The fourth-order valence-corrected chi connectivity index (χ4v) is 3.32. The van der Waals surface area contributed by atoms with E-state index in [2.05, 4.69) is 27.5 Å². The van der Waals surface area contributed by atoms with Gasteiger partial charge >= 0.3 is 0 Å². The van der Waals surface area contributed by atoms with Gasteiger partial charge in [-0.2, -0.15) is 5.10 Å². The molecule has 2 heterocycles. The third-order valence-corrected chi connectivity index (χ3v) is 4.40. The number of fused-ring (bicyclic) bond motifs is 2. The third kappa shape index (κ3) is 2.47. The van der Waals surface area contributed by atoms with Crippen molar-refractivity contribution in [2.24, 2.45) is 0 Å². The quantitative estimate of drug-likeness (QED) is 0.785. The van der Waals surface area contributed by atoms with Gasteiger partial charge in [-0.1, -0.05) is 17.7 Å². The number of nitrogens with zero attached hydrogens (tertiary/aromatic N) is 3. The topological polar surface area (TPSA) is 59.3 Å². The molecule has 0 fully saturated rings. The molecule has 0 aliphatic heterocycles. The van der Waals surface area contributed by atoms with E-state index < -0.39 is 0 Å². The molecule has 3 aromatic rings. The number of amides is 1. The average molecular weight is 327 g/mol. The highest BCUT2D eigenvalue weighted by atomic mass is 35.5. The Kier molecular flexibility index (Phi) is 3.31. The molecule has 4 rings (SSSR count). The summed E-state index contributed by atoms with van der Waals surface area (Å²) in [5.74, 6) is -0.246. The van der Waals surface area contributed by atoms with Gasteiger partial charge in [0.05, 0.1) is 6.20 Å². The molecule has 0 atom stereocenters. The minimum absolute atomic E-state index is 0.246. The number of halogens is 1. The molecule has 0 bridgehead atoms. The van der Waals surface area contributed by atoms with Crippen LogP contribution in [0.5, 0.6) is 0 Å². The normalized spacial score (nSPS) is 13.3. The zero-order valence-electron chi connectivity index (χ0n) is 12.6. The number of benzene rings is 1. The van der Waals surface area contributed by atoms with Gasteiger partial charge in [-0.3, -0.25) is 4.79 Å². The lowest BCUT2D eigenvalue weighted by Gasteiger charge is -2.07. The van der Waals surface area contributed by atoms with E-state index in [1.807, 2.05) is 13.0 Å². The smallest absolute Gasteiger partial charge is 0.276 e. The summed E-state index contributed by atoms with van der Waals surface area (Å²) in [4.78, 5) is 16.8. The number of hydrogen-bond donors (Lipinski definition) is 1. The summed E-state index contributed by atoms with van der Waals surface area (Å²) < 4.78 is 1.49. The van der Waals surface area contributed by atoms with E-state index in [1.165, 1.54) is 28.3 Å². The minimum Gasteiger partial charge on any atom is -0.321 e. The highest BCUT2D eigenvalue weighted by Gasteiger charge is 2.17. The average Bonchev–Trinajstić information content (AvgIpc) is 3.12. The summed E-state index contributed by atoms with van der Waals surface area (Å²) in [6.45, 7) is 1.89. The number of rotatable bonds is 2. The summed E-state index contributed by atoms with van der Waals surface area (Å²) in [7, 11) is 0. The number of aromatic nitrogens is 3. The van der Waals surface area contributed by atoms with Crippen molar-refractivity contribution in [3.63, 3.8) is 0 Å². The Morgan fingerprint density at radius 3 is 2.96 bits per heavy atom. The van der Waals surface area contributed by atoms with Crippen molar-refractivity contribution in [3.05, 3.63) is 58.0 Å². The largest absolute Gasteiger partial charge is 0.321 e. The predicted octanol–water partition coefficient (Wildman–Crippen LogP) is 3.43. The van der Waals surface area contributed by atoms with E-state index in [0.717, 1.165) is 24.1 Å². The van der Waals surface area contributed by atoms with E-state index in [4.69, 9.17) is 11.6 Å². The second kappa shape index (κ2) is 5.35. The molecule has 6 heteroatoms. The highest BCUT2D eigenvalue weighted by molar-refractivity contribution is 6.29. The van der Waals surface area contributed by atoms with Crippen LogP contribution in [-0.4, -0.2) is 20.5 Å². The summed E-state index contributed by atoms with van der Waals surface area (Å²) in [5, 5.41) is 7.43. The van der Waals surface area contributed by atoms with Gasteiger partial charge in [0.1, 0.15) is 5.15 Å². The summed E-state index contributed by atoms with van der Waals surface area (Å²) in [5.41, 5.74) is 5.37. The van der Waals surface area contributed by atoms with Crippen molar-refractivity contribution in [1.82, 2.24) is 14.6 Å². The second-order valence-electron chi connectivity index (χ2n) is 5.82. The minimum atomic E-state index is -0.246. The van der Waals surface area contributed by atoms with E-state index in [0.29, 0.717) is 16.5 Å². The molecule has 1 aromatic carbocycles. The van der Waals surface area contributed by atoms with Crippen LogP contribution in [0, 0.1) is 6.92 Å². The molecule has 0 radical (unpaired) electrons. The van der Waals surface area contributed by atoms with Gasteiger partial charge in [0, 0.05) is 5.69 Å². The SMILES string of the molecule is Cc1cc(Cl)nn2c(C(=O)Nc3ccc4c(c3)CCC4)cnc12. The van der Waals surface area contributed by atoms with Gasteiger partial charge in [-0.15, -0.1) is 0 Å². The summed E-state index contributed by atoms with van der Waals surface area (Å²) in [6, 6.07) is 7.81. The fourth-order valence-electron chi connectivity index (χ4n) is 3.08. The molecule has 1 amide bonds. The van der Waals surface area contributed by atoms with E-state index in [9.17, 15) is 4.79 Å². The van der Waals surface area contributed by atoms with Crippen molar-refractivity contribution < 1.29 is 4.79 Å². The van der Waals surface area contributed by atoms with Crippen molar-refractivity contribution in [3.8, 4) is 0 Å². The maximum absolute atomic E-state index is 12.6. The summed E-state index contributed by atoms with van der Waals surface area (Å²) in [6.07, 6.45) is 4.90. The second-order valence-corrected chi connectivity index (χ2v) is 6.21. The lowest BCUT2D eigenvalue weighted by Crippen LogP contribution is -2.15. The van der Waals surface area contributed by atoms with Crippen LogP contribution in [0.1, 0.15) is 33.6 Å². The first-order valence-electron chi connectivity index (χ1n) is 7.56. The lowest BCUT2D eigenvalue weighted by atomic mass is 10.1. The Hall–Kier alpha value is -2.40. The van der Waals surface area contributed by atoms with Crippen molar-refractivity contribution in [2.75, 3.05) is 5.32 Å². The van der Waals surface area contributed by atoms with Gasteiger partial charge in [-0.05, 0) is 61.1 Å². The molecule has 0 saturated heterocycles. The lowest BCUT2D eigenvalue weighted by molar-refractivity contribution is 0.102. The maximum atomic E-state index is 12.6. The first-order chi connectivity index (χ1) is 11.1. The number of anilines is 1. The summed E-state index contributed by atoms with van der Waals surface area (Å²) >= 11 is 5.99. The van der Waals surface area contributed by atoms with Crippen molar-refractivity contribution in [1.29, 1.82) is 0 Å². The Morgan fingerprint density at radius 1 is 1.26 bits per heavy atom. The molecular weight excluding hydrogens is 312 g/mol. The Morgan fingerprint density at radius 2 is 2.09 bits per heavy atom. The van der Waals surface area contributed by atoms with Gasteiger partial charge in [0.2, 0.25) is 0 Å². The number of hydrogen-bond acceptors (Lipinski definition) is 3. The van der Waals surface area contributed by atoms with Crippen LogP contribution in [0.25, 0.3) is 5.65 Å². The molecule has 0 spiro atoms. The van der Waals surface area contributed by atoms with Crippen molar-refractivity contribution >= 4 is 28.8 Å². The van der Waals surface area contributed by atoms with Crippen LogP contribution < -0.4 is 5.32 Å². The maximum Gasteiger partial charge on any atom is 0.276 e. The molecule has 1 aliphatic rings. The first kappa shape index (κ1) is 14.2. The van der Waals surface area contributed by atoms with Crippen LogP contribution in [-0.2, 0) is 12.8 Å². The first-order valence-corrected chi connectivity index (χ1v) is 7.93. The number of carbonyl (C=O) groups is 1.